The maximum Gasteiger partial charge on any atom is 0.340 e. The van der Waals surface area contributed by atoms with E-state index in [1.165, 1.54) is 12.1 Å². The molecule has 0 radical (unpaired) electrons. The molecule has 22 heavy (non-hydrogen) atoms. The number of nitro benzene ring substituents is 1. The molecule has 1 rings (SSSR count). The van der Waals surface area contributed by atoms with Crippen molar-refractivity contribution in [2.45, 2.75) is 26.8 Å². The molecular formula is C14H17ClN2O5. The van der Waals surface area contributed by atoms with E-state index in [4.69, 9.17) is 16.3 Å². The Hall–Kier alpha value is -2.15. The van der Waals surface area contributed by atoms with Crippen LogP contribution in [0.25, 0.3) is 0 Å². The van der Waals surface area contributed by atoms with Crippen molar-refractivity contribution in [1.29, 1.82) is 0 Å². The second-order valence-corrected chi connectivity index (χ2v) is 5.50. The van der Waals surface area contributed by atoms with E-state index in [0.29, 0.717) is 0 Å². The van der Waals surface area contributed by atoms with Crippen LogP contribution in [-0.4, -0.2) is 29.4 Å². The van der Waals surface area contributed by atoms with E-state index in [2.05, 4.69) is 5.32 Å². The van der Waals surface area contributed by atoms with Crippen LogP contribution in [0.3, 0.4) is 0 Å². The van der Waals surface area contributed by atoms with Gasteiger partial charge in [-0.2, -0.15) is 0 Å². The molecule has 0 saturated carbocycles. The number of amides is 1. The molecule has 1 atom stereocenters. The van der Waals surface area contributed by atoms with E-state index in [-0.39, 0.29) is 28.2 Å². The first-order chi connectivity index (χ1) is 10.2. The van der Waals surface area contributed by atoms with Gasteiger partial charge in [-0.1, -0.05) is 25.4 Å². The Bertz CT molecular complexity index is 589. The summed E-state index contributed by atoms with van der Waals surface area (Å²) in [5.74, 6) is -1.09. The molecule has 0 fully saturated rings. The van der Waals surface area contributed by atoms with Crippen LogP contribution in [0.1, 0.15) is 31.1 Å². The average molecular weight is 329 g/mol. The Morgan fingerprint density at radius 3 is 2.55 bits per heavy atom. The van der Waals surface area contributed by atoms with Gasteiger partial charge in [0.1, 0.15) is 0 Å². The molecule has 0 unspecified atom stereocenters. The van der Waals surface area contributed by atoms with Crippen molar-refractivity contribution in [3.05, 3.63) is 38.9 Å². The summed E-state index contributed by atoms with van der Waals surface area (Å²) in [5.41, 5.74) is -0.435. The van der Waals surface area contributed by atoms with Gasteiger partial charge in [-0.25, -0.2) is 4.79 Å². The molecule has 120 valence electrons. The van der Waals surface area contributed by atoms with Gasteiger partial charge in [0.05, 0.1) is 15.5 Å². The molecule has 1 aromatic rings. The molecule has 0 bridgehead atoms. The summed E-state index contributed by atoms with van der Waals surface area (Å²) >= 11 is 5.81. The number of hydrogen-bond acceptors (Lipinski definition) is 5. The van der Waals surface area contributed by atoms with Crippen molar-refractivity contribution in [2.24, 2.45) is 5.92 Å². The van der Waals surface area contributed by atoms with E-state index < -0.39 is 23.4 Å². The largest absolute Gasteiger partial charge is 0.452 e. The monoisotopic (exact) mass is 328 g/mol. The number of halogens is 1. The van der Waals surface area contributed by atoms with Crippen LogP contribution >= 0.6 is 11.6 Å². The van der Waals surface area contributed by atoms with Gasteiger partial charge in [0.2, 0.25) is 0 Å². The van der Waals surface area contributed by atoms with Crippen molar-refractivity contribution in [1.82, 2.24) is 5.32 Å². The lowest BCUT2D eigenvalue weighted by atomic mass is 10.1. The predicted octanol–water partition coefficient (Wildman–Crippen LogP) is 2.57. The SMILES string of the molecule is CC(C)[C@@H](C)NC(=O)COC(=O)c1cc([N+](=O)[O-])ccc1Cl. The summed E-state index contributed by atoms with van der Waals surface area (Å²) < 4.78 is 4.83. The van der Waals surface area contributed by atoms with Crippen molar-refractivity contribution in [3.8, 4) is 0 Å². The van der Waals surface area contributed by atoms with Crippen LogP contribution in [0.4, 0.5) is 5.69 Å². The van der Waals surface area contributed by atoms with Crippen LogP contribution < -0.4 is 5.32 Å². The molecular weight excluding hydrogens is 312 g/mol. The predicted molar refractivity (Wildman–Crippen MR) is 80.8 cm³/mol. The quantitative estimate of drug-likeness (QED) is 0.491. The summed E-state index contributed by atoms with van der Waals surface area (Å²) in [6.45, 7) is 5.25. The van der Waals surface area contributed by atoms with E-state index in [0.717, 1.165) is 6.07 Å². The highest BCUT2D eigenvalue weighted by Gasteiger charge is 2.19. The van der Waals surface area contributed by atoms with Gasteiger partial charge >= 0.3 is 5.97 Å². The minimum Gasteiger partial charge on any atom is -0.452 e. The lowest BCUT2D eigenvalue weighted by Gasteiger charge is -2.17. The first-order valence-corrected chi connectivity index (χ1v) is 7.00. The number of nitrogens with one attached hydrogen (secondary N) is 1. The molecule has 0 heterocycles. The number of ether oxygens (including phenoxy) is 1. The van der Waals surface area contributed by atoms with Gasteiger partial charge in [0, 0.05) is 18.2 Å². The second-order valence-electron chi connectivity index (χ2n) is 5.10. The van der Waals surface area contributed by atoms with Crippen LogP contribution in [0.2, 0.25) is 5.02 Å². The number of benzene rings is 1. The van der Waals surface area contributed by atoms with Crippen LogP contribution in [-0.2, 0) is 9.53 Å². The molecule has 1 N–H and O–H groups in total. The molecule has 7 nitrogen and oxygen atoms in total. The fourth-order valence-electron chi connectivity index (χ4n) is 1.45. The Balaban J connectivity index is 2.68. The van der Waals surface area contributed by atoms with Gasteiger partial charge in [-0.15, -0.1) is 0 Å². The van der Waals surface area contributed by atoms with Gasteiger partial charge < -0.3 is 10.1 Å². The maximum absolute atomic E-state index is 11.9. The van der Waals surface area contributed by atoms with Crippen LogP contribution in [0.5, 0.6) is 0 Å². The number of rotatable bonds is 6. The van der Waals surface area contributed by atoms with Crippen molar-refractivity contribution in [3.63, 3.8) is 0 Å². The maximum atomic E-state index is 11.9. The summed E-state index contributed by atoms with van der Waals surface area (Å²) in [6.07, 6.45) is 0. The van der Waals surface area contributed by atoms with Crippen molar-refractivity contribution < 1.29 is 19.2 Å². The number of esters is 1. The fraction of sp³-hybridized carbons (Fsp3) is 0.429. The lowest BCUT2D eigenvalue weighted by Crippen LogP contribution is -2.38. The summed E-state index contributed by atoms with van der Waals surface area (Å²) in [6, 6.07) is 3.36. The van der Waals surface area contributed by atoms with Gasteiger partial charge in [0.25, 0.3) is 11.6 Å². The number of carbonyl (C=O) groups excluding carboxylic acids is 2. The zero-order chi connectivity index (χ0) is 16.9. The van der Waals surface area contributed by atoms with Crippen LogP contribution in [0, 0.1) is 16.0 Å². The Morgan fingerprint density at radius 2 is 2.00 bits per heavy atom. The minimum atomic E-state index is -0.888. The smallest absolute Gasteiger partial charge is 0.340 e. The highest BCUT2D eigenvalue weighted by molar-refractivity contribution is 6.33. The minimum absolute atomic E-state index is 0.0200. The lowest BCUT2D eigenvalue weighted by molar-refractivity contribution is -0.384. The molecule has 0 aliphatic carbocycles. The van der Waals surface area contributed by atoms with E-state index >= 15 is 0 Å². The number of nitrogens with zero attached hydrogens (tertiary/aromatic N) is 1. The summed E-state index contributed by atoms with van der Waals surface area (Å²) in [7, 11) is 0. The van der Waals surface area contributed by atoms with Crippen LogP contribution in [0.15, 0.2) is 18.2 Å². The zero-order valence-corrected chi connectivity index (χ0v) is 13.2. The molecule has 0 aromatic heterocycles. The first kappa shape index (κ1) is 17.9. The Kier molecular flexibility index (Phi) is 6.30. The highest BCUT2D eigenvalue weighted by atomic mass is 35.5. The standard InChI is InChI=1S/C14H17ClN2O5/c1-8(2)9(3)16-13(18)7-22-14(19)11-6-10(17(20)21)4-5-12(11)15/h4-6,8-9H,7H2,1-3H3,(H,16,18)/t9-/m1/s1. The van der Waals surface area contributed by atoms with E-state index in [1.807, 2.05) is 20.8 Å². The molecule has 1 amide bonds. The third-order valence-corrected chi connectivity index (χ3v) is 3.43. The molecule has 0 aliphatic rings. The van der Waals surface area contributed by atoms with E-state index in [9.17, 15) is 19.7 Å². The normalized spacial score (nSPS) is 11.9. The van der Waals surface area contributed by atoms with Crippen molar-refractivity contribution >= 4 is 29.2 Å². The third kappa shape index (κ3) is 5.00. The molecule has 1 aromatic carbocycles. The second kappa shape index (κ2) is 7.74. The first-order valence-electron chi connectivity index (χ1n) is 6.62. The van der Waals surface area contributed by atoms with Gasteiger partial charge in [-0.3, -0.25) is 14.9 Å². The molecule has 0 aliphatic heterocycles. The summed E-state index contributed by atoms with van der Waals surface area (Å²) in [5, 5.41) is 13.4. The number of non-ortho nitro benzene ring substituents is 1. The molecule has 0 saturated heterocycles. The number of hydrogen-bond donors (Lipinski definition) is 1. The molecule has 8 heteroatoms. The molecule has 0 spiro atoms. The Labute approximate surface area is 132 Å². The third-order valence-electron chi connectivity index (χ3n) is 3.10. The fourth-order valence-corrected chi connectivity index (χ4v) is 1.65. The Morgan fingerprint density at radius 1 is 1.36 bits per heavy atom. The highest BCUT2D eigenvalue weighted by Crippen LogP contribution is 2.22. The number of carbonyl (C=O) groups is 2. The topological polar surface area (TPSA) is 98.5 Å². The van der Waals surface area contributed by atoms with Crippen molar-refractivity contribution in [2.75, 3.05) is 6.61 Å². The van der Waals surface area contributed by atoms with E-state index in [1.54, 1.807) is 0 Å². The number of nitro groups is 1. The van der Waals surface area contributed by atoms with Gasteiger partial charge in [0.15, 0.2) is 6.61 Å². The van der Waals surface area contributed by atoms with Gasteiger partial charge in [-0.05, 0) is 18.9 Å². The zero-order valence-electron chi connectivity index (χ0n) is 12.5. The average Bonchev–Trinajstić information content (AvgIpc) is 2.44. The summed E-state index contributed by atoms with van der Waals surface area (Å²) in [4.78, 5) is 33.5.